The summed E-state index contributed by atoms with van der Waals surface area (Å²) >= 11 is 3.15. The predicted octanol–water partition coefficient (Wildman–Crippen LogP) is 4.41. The zero-order chi connectivity index (χ0) is 20.9. The summed E-state index contributed by atoms with van der Waals surface area (Å²) in [5, 5.41) is 6.67. The first-order valence-corrected chi connectivity index (χ1v) is 10.9. The van der Waals surface area contributed by atoms with Crippen LogP contribution in [0, 0.1) is 18.7 Å². The predicted molar refractivity (Wildman–Crippen MR) is 119 cm³/mol. The molecule has 1 heterocycles. The topological polar surface area (TPSA) is 56.7 Å². The molecule has 28 heavy (non-hydrogen) atoms. The molecule has 1 saturated heterocycles. The molecule has 1 amide bonds. The number of hydrogen-bond donors (Lipinski definition) is 2. The third-order valence-corrected chi connectivity index (χ3v) is 5.11. The van der Waals surface area contributed by atoms with Gasteiger partial charge in [-0.2, -0.15) is 0 Å². The minimum atomic E-state index is -0.349. The van der Waals surface area contributed by atoms with Crippen LogP contribution in [0.4, 0.5) is 10.1 Å². The molecule has 2 N–H and O–H groups in total. The number of amides is 1. The molecular formula is C21H34BrFN4O. The van der Waals surface area contributed by atoms with Crippen LogP contribution in [-0.4, -0.2) is 49.9 Å². The standard InChI is InChI=1S/C15H20BrFN2O.C6H14N2/c1-4-6-7-15(19(5-2)10-20)18-14-9-13(17)12(16)8-11(14)3;1-6-4-7-2-3-8-5-6/h8-10H,4-7H2,1-3H3;6-8H,2-5H2,1H3. The smallest absolute Gasteiger partial charge is 0.215 e. The average molecular weight is 457 g/mol. The second kappa shape index (κ2) is 13.8. The maximum absolute atomic E-state index is 13.6. The van der Waals surface area contributed by atoms with E-state index in [2.05, 4.69) is 45.4 Å². The van der Waals surface area contributed by atoms with Crippen molar-refractivity contribution < 1.29 is 9.18 Å². The van der Waals surface area contributed by atoms with Crippen LogP contribution in [0.25, 0.3) is 0 Å². The molecule has 1 aromatic rings. The summed E-state index contributed by atoms with van der Waals surface area (Å²) in [6.45, 7) is 13.3. The van der Waals surface area contributed by atoms with Gasteiger partial charge in [-0.05, 0) is 66.8 Å². The second-order valence-corrected chi connectivity index (χ2v) is 7.94. The van der Waals surface area contributed by atoms with E-state index in [-0.39, 0.29) is 5.82 Å². The fourth-order valence-electron chi connectivity index (χ4n) is 2.76. The van der Waals surface area contributed by atoms with Crippen molar-refractivity contribution in [1.82, 2.24) is 15.5 Å². The lowest BCUT2D eigenvalue weighted by atomic mass is 10.2. The Kier molecular flexibility index (Phi) is 12.2. The van der Waals surface area contributed by atoms with Crippen molar-refractivity contribution in [2.24, 2.45) is 10.9 Å². The Balaban J connectivity index is 0.000000406. The second-order valence-electron chi connectivity index (χ2n) is 7.09. The molecule has 1 aromatic carbocycles. The number of aryl methyl sites for hydroxylation is 1. The molecule has 2 rings (SSSR count). The number of nitrogens with zero attached hydrogens (tertiary/aromatic N) is 2. The molecule has 1 fully saturated rings. The highest BCUT2D eigenvalue weighted by atomic mass is 79.9. The third-order valence-electron chi connectivity index (χ3n) is 4.51. The highest BCUT2D eigenvalue weighted by molar-refractivity contribution is 9.10. The van der Waals surface area contributed by atoms with Crippen molar-refractivity contribution in [2.45, 2.75) is 47.0 Å². The first-order chi connectivity index (χ1) is 13.4. The van der Waals surface area contributed by atoms with Crippen LogP contribution >= 0.6 is 15.9 Å². The van der Waals surface area contributed by atoms with Crippen LogP contribution in [0.2, 0.25) is 0 Å². The van der Waals surface area contributed by atoms with E-state index in [9.17, 15) is 9.18 Å². The van der Waals surface area contributed by atoms with Crippen molar-refractivity contribution in [2.75, 3.05) is 32.7 Å². The van der Waals surface area contributed by atoms with Gasteiger partial charge in [-0.3, -0.25) is 4.79 Å². The van der Waals surface area contributed by atoms with Gasteiger partial charge in [0.25, 0.3) is 0 Å². The fourth-order valence-corrected chi connectivity index (χ4v) is 3.22. The SMILES string of the molecule is CC1CNCCNC1.CCCCC(=Nc1cc(F)c(Br)cc1C)N(C=O)CC. The number of benzene rings is 1. The van der Waals surface area contributed by atoms with Gasteiger partial charge in [0, 0.05) is 32.1 Å². The van der Waals surface area contributed by atoms with Gasteiger partial charge in [-0.15, -0.1) is 0 Å². The summed E-state index contributed by atoms with van der Waals surface area (Å²) in [6, 6.07) is 3.09. The van der Waals surface area contributed by atoms with Crippen molar-refractivity contribution in [3.05, 3.63) is 28.0 Å². The summed E-state index contributed by atoms with van der Waals surface area (Å²) in [5.41, 5.74) is 1.44. The Labute approximate surface area is 177 Å². The van der Waals surface area contributed by atoms with Crippen LogP contribution in [0.5, 0.6) is 0 Å². The number of carbonyl (C=O) groups is 1. The summed E-state index contributed by atoms with van der Waals surface area (Å²) < 4.78 is 14.1. The molecule has 1 aliphatic heterocycles. The Hall–Kier alpha value is -1.31. The van der Waals surface area contributed by atoms with Gasteiger partial charge < -0.3 is 15.5 Å². The van der Waals surface area contributed by atoms with E-state index in [4.69, 9.17) is 0 Å². The van der Waals surface area contributed by atoms with Crippen molar-refractivity contribution in [3.8, 4) is 0 Å². The lowest BCUT2D eigenvalue weighted by Gasteiger charge is -2.18. The van der Waals surface area contributed by atoms with Crippen LogP contribution in [-0.2, 0) is 4.79 Å². The molecule has 0 radical (unpaired) electrons. The maximum Gasteiger partial charge on any atom is 0.215 e. The largest absolute Gasteiger partial charge is 0.315 e. The normalized spacial score (nSPS) is 15.4. The minimum absolute atomic E-state index is 0.349. The first-order valence-electron chi connectivity index (χ1n) is 10.1. The van der Waals surface area contributed by atoms with Crippen LogP contribution < -0.4 is 10.6 Å². The lowest BCUT2D eigenvalue weighted by molar-refractivity contribution is -0.114. The number of amidine groups is 1. The molecule has 0 aromatic heterocycles. The van der Waals surface area contributed by atoms with Crippen molar-refractivity contribution >= 4 is 33.9 Å². The summed E-state index contributed by atoms with van der Waals surface area (Å²) in [6.07, 6.45) is 3.45. The van der Waals surface area contributed by atoms with Crippen LogP contribution in [0.1, 0.15) is 45.6 Å². The number of carbonyl (C=O) groups excluding carboxylic acids is 1. The van der Waals surface area contributed by atoms with E-state index < -0.39 is 0 Å². The average Bonchev–Trinajstić information content (AvgIpc) is 2.92. The number of hydrogen-bond acceptors (Lipinski definition) is 4. The van der Waals surface area contributed by atoms with Gasteiger partial charge in [0.15, 0.2) is 0 Å². The first kappa shape index (κ1) is 24.7. The highest BCUT2D eigenvalue weighted by Gasteiger charge is 2.11. The van der Waals surface area contributed by atoms with Crippen molar-refractivity contribution in [1.29, 1.82) is 0 Å². The van der Waals surface area contributed by atoms with E-state index in [1.165, 1.54) is 19.2 Å². The minimum Gasteiger partial charge on any atom is -0.315 e. The number of nitrogens with one attached hydrogen (secondary N) is 2. The molecule has 0 saturated carbocycles. The lowest BCUT2D eigenvalue weighted by Crippen LogP contribution is -2.29. The quantitative estimate of drug-likeness (QED) is 0.378. The molecule has 1 aliphatic rings. The summed E-state index contributed by atoms with van der Waals surface area (Å²) in [7, 11) is 0. The number of halogens is 2. The Morgan fingerprint density at radius 1 is 1.32 bits per heavy atom. The molecule has 5 nitrogen and oxygen atoms in total. The highest BCUT2D eigenvalue weighted by Crippen LogP contribution is 2.26. The number of unbranched alkanes of at least 4 members (excludes halogenated alkanes) is 1. The van der Waals surface area contributed by atoms with Crippen molar-refractivity contribution in [3.63, 3.8) is 0 Å². The van der Waals surface area contributed by atoms with E-state index in [0.29, 0.717) is 29.0 Å². The van der Waals surface area contributed by atoms with Gasteiger partial charge in [-0.25, -0.2) is 9.38 Å². The summed E-state index contributed by atoms with van der Waals surface area (Å²) in [4.78, 5) is 17.2. The number of aliphatic imine (C=N–C) groups is 1. The molecule has 0 atom stereocenters. The molecular weight excluding hydrogens is 423 g/mol. The van der Waals surface area contributed by atoms with E-state index >= 15 is 0 Å². The molecule has 0 aliphatic carbocycles. The Bertz CT molecular complexity index is 631. The molecule has 0 bridgehead atoms. The number of rotatable bonds is 6. The molecule has 7 heteroatoms. The zero-order valence-corrected chi connectivity index (χ0v) is 19.1. The molecule has 158 valence electrons. The third kappa shape index (κ3) is 8.80. The van der Waals surface area contributed by atoms with Crippen LogP contribution in [0.15, 0.2) is 21.6 Å². The van der Waals surface area contributed by atoms with Gasteiger partial charge in [0.1, 0.15) is 11.7 Å². The maximum atomic E-state index is 13.6. The van der Waals surface area contributed by atoms with Gasteiger partial charge in [0.2, 0.25) is 6.41 Å². The van der Waals surface area contributed by atoms with Gasteiger partial charge in [0.05, 0.1) is 10.2 Å². The fraction of sp³-hybridized carbons (Fsp3) is 0.619. The van der Waals surface area contributed by atoms with E-state index in [1.807, 2.05) is 13.8 Å². The van der Waals surface area contributed by atoms with E-state index in [1.54, 1.807) is 11.0 Å². The monoisotopic (exact) mass is 456 g/mol. The van der Waals surface area contributed by atoms with Crippen LogP contribution in [0.3, 0.4) is 0 Å². The summed E-state index contributed by atoms with van der Waals surface area (Å²) in [5.74, 6) is 1.14. The molecule has 0 spiro atoms. The Morgan fingerprint density at radius 2 is 1.96 bits per heavy atom. The van der Waals surface area contributed by atoms with Gasteiger partial charge >= 0.3 is 0 Å². The Morgan fingerprint density at radius 3 is 2.50 bits per heavy atom. The zero-order valence-electron chi connectivity index (χ0n) is 17.5. The molecule has 0 unspecified atom stereocenters. The van der Waals surface area contributed by atoms with Gasteiger partial charge in [-0.1, -0.05) is 20.3 Å². The van der Waals surface area contributed by atoms with E-state index in [0.717, 1.165) is 43.8 Å².